The Morgan fingerprint density at radius 3 is 2.53 bits per heavy atom. The van der Waals surface area contributed by atoms with Crippen LogP contribution in [0.25, 0.3) is 5.65 Å². The number of hydrogen-bond donors (Lipinski definition) is 0. The highest BCUT2D eigenvalue weighted by atomic mass is 79.9. The lowest BCUT2D eigenvalue weighted by atomic mass is 9.77. The minimum atomic E-state index is -0.578. The summed E-state index contributed by atoms with van der Waals surface area (Å²) < 4.78 is 26.0. The van der Waals surface area contributed by atoms with E-state index in [1.54, 1.807) is 26.4 Å². The van der Waals surface area contributed by atoms with Gasteiger partial charge in [-0.1, -0.05) is 34.8 Å². The predicted octanol–water partition coefficient (Wildman–Crippen LogP) is 5.69. The number of aromatic nitrogens is 3. The molecule has 2 amide bonds. The Hall–Kier alpha value is -4.65. The third kappa shape index (κ3) is 7.13. The van der Waals surface area contributed by atoms with Crippen molar-refractivity contribution in [3.8, 4) is 17.2 Å². The minimum absolute atomic E-state index is 0.0241. The molecule has 1 saturated heterocycles. The fraction of sp³-hybridized carbons (Fsp3) is 0.447. The molecule has 7 rings (SSSR count). The summed E-state index contributed by atoms with van der Waals surface area (Å²) in [5.41, 5.74) is 3.36. The summed E-state index contributed by atoms with van der Waals surface area (Å²) >= 11 is 3.76. The van der Waals surface area contributed by atoms with E-state index in [-0.39, 0.29) is 31.0 Å². The number of halogens is 1. The monoisotopic (exact) mass is 759 g/mol. The van der Waals surface area contributed by atoms with E-state index in [1.807, 2.05) is 56.8 Å². The molecular weight excluding hydrogens is 718 g/mol. The smallest absolute Gasteiger partial charge is 0.310 e. The Morgan fingerprint density at radius 1 is 0.902 bits per heavy atom. The summed E-state index contributed by atoms with van der Waals surface area (Å²) in [4.78, 5) is 45.3. The molecule has 2 aromatic heterocycles. The fourth-order valence-corrected chi connectivity index (χ4v) is 8.29. The van der Waals surface area contributed by atoms with Crippen molar-refractivity contribution in [1.29, 1.82) is 0 Å². The molecule has 51 heavy (non-hydrogen) atoms. The molecule has 268 valence electrons. The van der Waals surface area contributed by atoms with E-state index in [1.165, 1.54) is 0 Å². The molecule has 1 saturated carbocycles. The number of rotatable bonds is 11. The maximum Gasteiger partial charge on any atom is 0.310 e. The second-order valence-corrected chi connectivity index (χ2v) is 14.1. The number of fused-ring (bicyclic) bond motifs is 2. The first kappa shape index (κ1) is 34.8. The topological polar surface area (TPSA) is 125 Å². The number of amides is 2. The Labute approximate surface area is 305 Å². The van der Waals surface area contributed by atoms with Gasteiger partial charge in [-0.15, -0.1) is 10.2 Å². The summed E-state index contributed by atoms with van der Waals surface area (Å²) in [6, 6.07) is 14.5. The minimum Gasteiger partial charge on any atom is -0.497 e. The van der Waals surface area contributed by atoms with Crippen LogP contribution in [0.2, 0.25) is 0 Å². The van der Waals surface area contributed by atoms with Gasteiger partial charge < -0.3 is 28.7 Å². The Balaban J connectivity index is 1.16. The number of pyridine rings is 1. The Bertz CT molecular complexity index is 1930. The van der Waals surface area contributed by atoms with Gasteiger partial charge >= 0.3 is 5.97 Å². The molecule has 2 fully saturated rings. The van der Waals surface area contributed by atoms with Crippen LogP contribution in [0.5, 0.6) is 17.2 Å². The molecule has 2 aliphatic heterocycles. The molecule has 3 aliphatic rings. The first-order chi connectivity index (χ1) is 24.9. The van der Waals surface area contributed by atoms with Gasteiger partial charge in [0.05, 0.1) is 32.1 Å². The van der Waals surface area contributed by atoms with E-state index >= 15 is 0 Å². The van der Waals surface area contributed by atoms with Crippen molar-refractivity contribution in [2.75, 3.05) is 33.9 Å². The van der Waals surface area contributed by atoms with Crippen LogP contribution in [0.15, 0.2) is 59.2 Å². The van der Waals surface area contributed by atoms with Crippen molar-refractivity contribution >= 4 is 39.4 Å². The average Bonchev–Trinajstić information content (AvgIpc) is 3.78. The van der Waals surface area contributed by atoms with Crippen LogP contribution in [0.4, 0.5) is 0 Å². The summed E-state index contributed by atoms with van der Waals surface area (Å²) in [6.07, 6.45) is 6.60. The molecule has 1 aliphatic carbocycles. The molecule has 2 aromatic carbocycles. The lowest BCUT2D eigenvalue weighted by Gasteiger charge is -2.43. The third-order valence-corrected chi connectivity index (χ3v) is 11.2. The number of methoxy groups -OCH3 is 2. The number of benzene rings is 2. The third-order valence-electron chi connectivity index (χ3n) is 10.4. The van der Waals surface area contributed by atoms with E-state index < -0.39 is 17.9 Å². The van der Waals surface area contributed by atoms with Crippen LogP contribution in [-0.4, -0.2) is 76.0 Å². The second kappa shape index (κ2) is 15.3. The van der Waals surface area contributed by atoms with E-state index in [0.29, 0.717) is 74.0 Å². The van der Waals surface area contributed by atoms with Crippen LogP contribution < -0.4 is 14.2 Å². The van der Waals surface area contributed by atoms with Gasteiger partial charge in [-0.05, 0) is 67.6 Å². The summed E-state index contributed by atoms with van der Waals surface area (Å²) in [7, 11) is 3.14. The highest BCUT2D eigenvalue weighted by molar-refractivity contribution is 9.10. The first-order valence-corrected chi connectivity index (χ1v) is 18.3. The SMILES string of the molecule is COc1ccc(COC(=O)[C@H]2CCCC[C@H]2C(=O)N2CCc3c(Br)ccc(OCc4nnc5ccccn45)c3[C@H]2CN2CCCC2=O)c(OC)c1. The van der Waals surface area contributed by atoms with Crippen LogP contribution in [0.1, 0.15) is 67.1 Å². The van der Waals surface area contributed by atoms with Gasteiger partial charge in [0, 0.05) is 53.9 Å². The van der Waals surface area contributed by atoms with Crippen molar-refractivity contribution < 1.29 is 33.3 Å². The summed E-state index contributed by atoms with van der Waals surface area (Å²) in [5.74, 6) is 0.960. The highest BCUT2D eigenvalue weighted by Gasteiger charge is 2.44. The molecule has 4 heterocycles. The van der Waals surface area contributed by atoms with Gasteiger partial charge in [0.25, 0.3) is 0 Å². The van der Waals surface area contributed by atoms with Crippen LogP contribution in [0, 0.1) is 11.8 Å². The molecular formula is C38H42BrN5O7. The standard InChI is InChI=1S/C38H42BrN5O7/c1-48-25-13-12-24(32(20-25)49-2)22-51-38(47)27-9-4-3-8-26(27)37(46)43-19-16-28-29(39)14-15-31(36(28)30(43)21-42-17-7-11-35(42)45)50-23-34-41-40-33-10-5-6-18-44(33)34/h5-6,10,12-15,18,20,26-27,30H,3-4,7-9,11,16-17,19,21-23H2,1-2H3/t26-,27+,30-/m1/s1. The largest absolute Gasteiger partial charge is 0.497 e. The number of carbonyl (C=O) groups excluding carboxylic acids is 3. The van der Waals surface area contributed by atoms with Crippen molar-refractivity contribution in [3.63, 3.8) is 0 Å². The van der Waals surface area contributed by atoms with E-state index in [2.05, 4.69) is 26.1 Å². The van der Waals surface area contributed by atoms with Crippen molar-refractivity contribution in [2.45, 2.75) is 64.2 Å². The van der Waals surface area contributed by atoms with E-state index in [9.17, 15) is 14.4 Å². The molecule has 12 nitrogen and oxygen atoms in total. The van der Waals surface area contributed by atoms with Gasteiger partial charge in [-0.25, -0.2) is 0 Å². The zero-order chi connectivity index (χ0) is 35.5. The summed E-state index contributed by atoms with van der Waals surface area (Å²) in [6.45, 7) is 1.62. The molecule has 0 N–H and O–H groups in total. The van der Waals surface area contributed by atoms with Crippen LogP contribution in [-0.2, 0) is 38.8 Å². The normalized spacial score (nSPS) is 20.3. The molecule has 4 aromatic rings. The number of esters is 1. The van der Waals surface area contributed by atoms with Gasteiger partial charge in [-0.2, -0.15) is 0 Å². The molecule has 0 bridgehead atoms. The fourth-order valence-electron chi connectivity index (χ4n) is 7.75. The summed E-state index contributed by atoms with van der Waals surface area (Å²) in [5, 5.41) is 8.60. The number of likely N-dealkylation sites (tertiary alicyclic amines) is 1. The average molecular weight is 761 g/mol. The molecule has 0 spiro atoms. The molecule has 0 unspecified atom stereocenters. The molecule has 3 atom stereocenters. The van der Waals surface area contributed by atoms with Gasteiger partial charge in [0.1, 0.15) is 30.5 Å². The molecule has 13 heteroatoms. The number of hydrogen-bond acceptors (Lipinski definition) is 9. The number of ether oxygens (including phenoxy) is 4. The van der Waals surface area contributed by atoms with Gasteiger partial charge in [0.15, 0.2) is 11.5 Å². The van der Waals surface area contributed by atoms with E-state index in [4.69, 9.17) is 18.9 Å². The lowest BCUT2D eigenvalue weighted by Crippen LogP contribution is -2.50. The zero-order valence-corrected chi connectivity index (χ0v) is 30.5. The zero-order valence-electron chi connectivity index (χ0n) is 28.9. The Morgan fingerprint density at radius 2 is 1.75 bits per heavy atom. The number of carbonyl (C=O) groups is 3. The predicted molar refractivity (Wildman–Crippen MR) is 190 cm³/mol. The Kier molecular flexibility index (Phi) is 10.4. The lowest BCUT2D eigenvalue weighted by molar-refractivity contribution is -0.159. The van der Waals surface area contributed by atoms with Crippen molar-refractivity contribution in [3.05, 3.63) is 81.7 Å². The van der Waals surface area contributed by atoms with E-state index in [0.717, 1.165) is 40.5 Å². The highest BCUT2D eigenvalue weighted by Crippen LogP contribution is 2.43. The van der Waals surface area contributed by atoms with Gasteiger partial charge in [0.2, 0.25) is 11.8 Å². The second-order valence-electron chi connectivity index (χ2n) is 13.3. The van der Waals surface area contributed by atoms with Crippen LogP contribution >= 0.6 is 15.9 Å². The van der Waals surface area contributed by atoms with Crippen molar-refractivity contribution in [2.24, 2.45) is 11.8 Å². The van der Waals surface area contributed by atoms with Crippen LogP contribution in [0.3, 0.4) is 0 Å². The van der Waals surface area contributed by atoms with Gasteiger partial charge in [-0.3, -0.25) is 18.8 Å². The van der Waals surface area contributed by atoms with Crippen molar-refractivity contribution in [1.82, 2.24) is 24.4 Å². The first-order valence-electron chi connectivity index (χ1n) is 17.5. The maximum absolute atomic E-state index is 14.8. The maximum atomic E-state index is 14.8. The quantitative estimate of drug-likeness (QED) is 0.178. The number of nitrogens with zero attached hydrogens (tertiary/aromatic N) is 5. The molecule has 0 radical (unpaired) electrons.